The van der Waals surface area contributed by atoms with Crippen LogP contribution in [0, 0.1) is 3.57 Å². The Bertz CT molecular complexity index is 995. The molecule has 3 rings (SSSR count). The standard InChI is InChI=1S/C21H20INO5S2/c1-23-20(24)18(30-21(23)29)12-13-10-14(22)19(17(11-13)26-3)28-9-8-27-16-7-5-4-6-15(16)25-2/h4-7,10-12H,8-9H2,1-3H3/b18-12-. The van der Waals surface area contributed by atoms with Crippen LogP contribution in [0.1, 0.15) is 5.56 Å². The van der Waals surface area contributed by atoms with E-state index < -0.39 is 0 Å². The van der Waals surface area contributed by atoms with Gasteiger partial charge < -0.3 is 18.9 Å². The maximum Gasteiger partial charge on any atom is 0.265 e. The van der Waals surface area contributed by atoms with Crippen molar-refractivity contribution < 1.29 is 23.7 Å². The first-order valence-electron chi connectivity index (χ1n) is 8.92. The van der Waals surface area contributed by atoms with Crippen molar-refractivity contribution in [3.8, 4) is 23.0 Å². The van der Waals surface area contributed by atoms with E-state index in [4.69, 9.17) is 31.2 Å². The predicted molar refractivity (Wildman–Crippen MR) is 131 cm³/mol. The van der Waals surface area contributed by atoms with Crippen LogP contribution in [0.25, 0.3) is 6.08 Å². The van der Waals surface area contributed by atoms with Crippen molar-refractivity contribution in [1.82, 2.24) is 4.90 Å². The molecule has 1 saturated heterocycles. The first-order chi connectivity index (χ1) is 14.4. The summed E-state index contributed by atoms with van der Waals surface area (Å²) >= 11 is 8.65. The molecule has 0 unspecified atom stereocenters. The molecule has 2 aromatic carbocycles. The molecular weight excluding hydrogens is 537 g/mol. The molecule has 0 radical (unpaired) electrons. The second-order valence-electron chi connectivity index (χ2n) is 6.12. The van der Waals surface area contributed by atoms with Gasteiger partial charge in [0.05, 0.1) is 22.7 Å². The quantitative estimate of drug-likeness (QED) is 0.204. The highest BCUT2D eigenvalue weighted by Gasteiger charge is 2.28. The number of para-hydroxylation sites is 2. The number of methoxy groups -OCH3 is 2. The lowest BCUT2D eigenvalue weighted by atomic mass is 10.2. The average Bonchev–Trinajstić information content (AvgIpc) is 2.98. The van der Waals surface area contributed by atoms with E-state index in [2.05, 4.69) is 22.6 Å². The van der Waals surface area contributed by atoms with Gasteiger partial charge in [0.25, 0.3) is 5.91 Å². The Labute approximate surface area is 198 Å². The van der Waals surface area contributed by atoms with Crippen LogP contribution in [0.5, 0.6) is 23.0 Å². The second-order valence-corrected chi connectivity index (χ2v) is 8.96. The minimum Gasteiger partial charge on any atom is -0.493 e. The number of ether oxygens (including phenoxy) is 4. The highest BCUT2D eigenvalue weighted by atomic mass is 127. The first kappa shape index (κ1) is 22.7. The minimum absolute atomic E-state index is 0.104. The number of rotatable bonds is 8. The predicted octanol–water partition coefficient (Wildman–Crippen LogP) is 4.60. The van der Waals surface area contributed by atoms with Crippen molar-refractivity contribution in [2.75, 3.05) is 34.5 Å². The normalized spacial score (nSPS) is 14.9. The molecule has 0 aliphatic carbocycles. The number of benzene rings is 2. The fourth-order valence-corrected chi connectivity index (χ4v) is 4.65. The number of amides is 1. The number of carbonyl (C=O) groups is 1. The van der Waals surface area contributed by atoms with Gasteiger partial charge in [-0.15, -0.1) is 0 Å². The molecular formula is C21H20INO5S2. The Hall–Kier alpha value is -1.98. The van der Waals surface area contributed by atoms with E-state index in [1.807, 2.05) is 42.5 Å². The van der Waals surface area contributed by atoms with Crippen molar-refractivity contribution in [1.29, 1.82) is 0 Å². The lowest BCUT2D eigenvalue weighted by Gasteiger charge is -2.15. The molecule has 6 nitrogen and oxygen atoms in total. The zero-order valence-electron chi connectivity index (χ0n) is 16.6. The third-order valence-corrected chi connectivity index (χ3v) is 6.48. The summed E-state index contributed by atoms with van der Waals surface area (Å²) < 4.78 is 23.8. The Morgan fingerprint density at radius 2 is 1.73 bits per heavy atom. The van der Waals surface area contributed by atoms with Crippen LogP contribution in [-0.4, -0.2) is 49.6 Å². The van der Waals surface area contributed by atoms with Crippen LogP contribution in [0.2, 0.25) is 0 Å². The molecule has 0 aromatic heterocycles. The van der Waals surface area contributed by atoms with Gasteiger partial charge in [-0.05, 0) is 58.5 Å². The topological polar surface area (TPSA) is 57.2 Å². The van der Waals surface area contributed by atoms with E-state index in [1.165, 1.54) is 16.7 Å². The maximum absolute atomic E-state index is 12.2. The summed E-state index contributed by atoms with van der Waals surface area (Å²) in [6, 6.07) is 11.2. The summed E-state index contributed by atoms with van der Waals surface area (Å²) in [5.74, 6) is 2.44. The average molecular weight is 557 g/mol. The summed E-state index contributed by atoms with van der Waals surface area (Å²) in [4.78, 5) is 14.3. The molecule has 2 aromatic rings. The minimum atomic E-state index is -0.104. The number of likely N-dealkylation sites (N-methyl/N-ethyl adjacent to an activating group) is 1. The summed E-state index contributed by atoms with van der Waals surface area (Å²) in [5.41, 5.74) is 0.836. The highest BCUT2D eigenvalue weighted by molar-refractivity contribution is 14.1. The number of hydrogen-bond donors (Lipinski definition) is 0. The molecule has 0 spiro atoms. The van der Waals surface area contributed by atoms with E-state index >= 15 is 0 Å². The summed E-state index contributed by atoms with van der Waals surface area (Å²) in [6.07, 6.45) is 1.81. The van der Waals surface area contributed by atoms with Crippen LogP contribution in [0.15, 0.2) is 41.3 Å². The Kier molecular flexibility index (Phi) is 7.84. The molecule has 0 saturated carbocycles. The van der Waals surface area contributed by atoms with Gasteiger partial charge in [-0.2, -0.15) is 0 Å². The number of hydrogen-bond acceptors (Lipinski definition) is 7. The van der Waals surface area contributed by atoms with Crippen molar-refractivity contribution in [2.45, 2.75) is 0 Å². The van der Waals surface area contributed by atoms with Crippen LogP contribution >= 0.6 is 46.6 Å². The third-order valence-electron chi connectivity index (χ3n) is 4.19. The van der Waals surface area contributed by atoms with Gasteiger partial charge in [-0.25, -0.2) is 0 Å². The zero-order valence-corrected chi connectivity index (χ0v) is 20.4. The Morgan fingerprint density at radius 3 is 2.37 bits per heavy atom. The van der Waals surface area contributed by atoms with Gasteiger partial charge in [0, 0.05) is 7.05 Å². The van der Waals surface area contributed by atoms with E-state index in [1.54, 1.807) is 21.3 Å². The van der Waals surface area contributed by atoms with Crippen molar-refractivity contribution in [3.05, 3.63) is 50.4 Å². The number of carbonyl (C=O) groups excluding carboxylic acids is 1. The molecule has 1 aliphatic rings. The van der Waals surface area contributed by atoms with Crippen LogP contribution < -0.4 is 18.9 Å². The molecule has 30 heavy (non-hydrogen) atoms. The number of halogens is 1. The van der Waals surface area contributed by atoms with Crippen molar-refractivity contribution >= 4 is 62.9 Å². The number of nitrogens with zero attached hydrogens (tertiary/aromatic N) is 1. The zero-order chi connectivity index (χ0) is 21.7. The van der Waals surface area contributed by atoms with Crippen molar-refractivity contribution in [3.63, 3.8) is 0 Å². The molecule has 1 amide bonds. The molecule has 0 N–H and O–H groups in total. The molecule has 158 valence electrons. The van der Waals surface area contributed by atoms with E-state index in [-0.39, 0.29) is 5.91 Å². The molecule has 9 heteroatoms. The summed E-state index contributed by atoms with van der Waals surface area (Å²) in [5, 5.41) is 0. The van der Waals surface area contributed by atoms with Gasteiger partial charge in [-0.1, -0.05) is 36.1 Å². The van der Waals surface area contributed by atoms with Gasteiger partial charge in [0.2, 0.25) is 0 Å². The van der Waals surface area contributed by atoms with Gasteiger partial charge in [-0.3, -0.25) is 9.69 Å². The van der Waals surface area contributed by atoms with E-state index in [0.717, 1.165) is 9.13 Å². The highest BCUT2D eigenvalue weighted by Crippen LogP contribution is 2.37. The third kappa shape index (κ3) is 5.19. The van der Waals surface area contributed by atoms with Crippen LogP contribution in [-0.2, 0) is 4.79 Å². The number of thioether (sulfide) groups is 1. The SMILES string of the molecule is COc1ccccc1OCCOc1c(I)cc(/C=C2\SC(=S)N(C)C2=O)cc1OC. The largest absolute Gasteiger partial charge is 0.493 e. The van der Waals surface area contributed by atoms with Crippen molar-refractivity contribution in [2.24, 2.45) is 0 Å². The smallest absolute Gasteiger partial charge is 0.265 e. The summed E-state index contributed by atoms with van der Waals surface area (Å²) in [7, 11) is 4.86. The van der Waals surface area contributed by atoms with Gasteiger partial charge in [0.15, 0.2) is 23.0 Å². The Balaban J connectivity index is 1.69. The Morgan fingerprint density at radius 1 is 1.07 bits per heavy atom. The van der Waals surface area contributed by atoms with E-state index in [0.29, 0.717) is 45.4 Å². The van der Waals surface area contributed by atoms with Crippen LogP contribution in [0.4, 0.5) is 0 Å². The molecule has 1 heterocycles. The molecule has 1 fully saturated rings. The molecule has 1 aliphatic heterocycles. The second kappa shape index (κ2) is 10.4. The van der Waals surface area contributed by atoms with Crippen LogP contribution in [0.3, 0.4) is 0 Å². The fraction of sp³-hybridized carbons (Fsp3) is 0.238. The molecule has 0 atom stereocenters. The molecule has 0 bridgehead atoms. The van der Waals surface area contributed by atoms with Gasteiger partial charge >= 0.3 is 0 Å². The van der Waals surface area contributed by atoms with E-state index in [9.17, 15) is 4.79 Å². The number of thiocarbonyl (C=S) groups is 1. The maximum atomic E-state index is 12.2. The summed E-state index contributed by atoms with van der Waals surface area (Å²) in [6.45, 7) is 0.679. The van der Waals surface area contributed by atoms with Gasteiger partial charge in [0.1, 0.15) is 17.5 Å². The lowest BCUT2D eigenvalue weighted by molar-refractivity contribution is -0.121. The fourth-order valence-electron chi connectivity index (χ4n) is 2.69. The monoisotopic (exact) mass is 557 g/mol. The lowest BCUT2D eigenvalue weighted by Crippen LogP contribution is -2.22. The first-order valence-corrected chi connectivity index (χ1v) is 11.2.